The molecule has 0 aromatic heterocycles. The summed E-state index contributed by atoms with van der Waals surface area (Å²) in [4.78, 5) is 12.2. The van der Waals surface area contributed by atoms with Gasteiger partial charge in [0.15, 0.2) is 9.84 Å². The Morgan fingerprint density at radius 1 is 1.08 bits per heavy atom. The molecule has 0 aliphatic carbocycles. The number of carbonyl (C=O) groups is 1. The fourth-order valence-electron chi connectivity index (χ4n) is 2.27. The number of amides is 1. The van der Waals surface area contributed by atoms with E-state index < -0.39 is 9.84 Å². The van der Waals surface area contributed by atoms with Crippen molar-refractivity contribution in [3.8, 4) is 0 Å². The molecule has 2 aromatic rings. The molecule has 0 saturated heterocycles. The first-order valence-corrected chi connectivity index (χ1v) is 9.36. The summed E-state index contributed by atoms with van der Waals surface area (Å²) < 4.78 is 23.5. The van der Waals surface area contributed by atoms with Gasteiger partial charge in [-0.05, 0) is 55.3 Å². The van der Waals surface area contributed by atoms with Crippen LogP contribution in [0.3, 0.4) is 0 Å². The Balaban J connectivity index is 2.06. The minimum absolute atomic E-state index is 0.0529. The van der Waals surface area contributed by atoms with Gasteiger partial charge in [-0.1, -0.05) is 30.7 Å². The number of benzene rings is 2. The van der Waals surface area contributed by atoms with E-state index in [4.69, 9.17) is 0 Å². The molecule has 0 spiro atoms. The molecule has 5 heteroatoms. The molecule has 0 atom stereocenters. The van der Waals surface area contributed by atoms with Gasteiger partial charge in [-0.3, -0.25) is 4.79 Å². The van der Waals surface area contributed by atoms with E-state index in [-0.39, 0.29) is 16.6 Å². The van der Waals surface area contributed by atoms with Crippen LogP contribution in [0.1, 0.15) is 23.6 Å². The van der Waals surface area contributed by atoms with Crippen LogP contribution in [0.15, 0.2) is 53.4 Å². The average molecular weight is 343 g/mol. The zero-order valence-corrected chi connectivity index (χ0v) is 14.9. The quantitative estimate of drug-likeness (QED) is 0.841. The van der Waals surface area contributed by atoms with Crippen LogP contribution in [0.2, 0.25) is 0 Å². The van der Waals surface area contributed by atoms with E-state index in [2.05, 4.69) is 11.4 Å². The lowest BCUT2D eigenvalue weighted by molar-refractivity contribution is -0.111. The Hall–Kier alpha value is -2.40. The van der Waals surface area contributed by atoms with Crippen molar-refractivity contribution in [1.29, 1.82) is 0 Å². The maximum atomic E-state index is 12.0. The molecule has 0 aliphatic rings. The van der Waals surface area contributed by atoms with Crippen molar-refractivity contribution in [2.75, 3.05) is 11.1 Å². The van der Waals surface area contributed by atoms with Crippen molar-refractivity contribution >= 4 is 27.5 Å². The van der Waals surface area contributed by atoms with Crippen LogP contribution in [-0.2, 0) is 14.6 Å². The predicted octanol–water partition coefficient (Wildman–Crippen LogP) is 3.75. The first kappa shape index (κ1) is 17.9. The number of hydrogen-bond donors (Lipinski definition) is 1. The van der Waals surface area contributed by atoms with Gasteiger partial charge in [-0.15, -0.1) is 0 Å². The maximum absolute atomic E-state index is 12.0. The van der Waals surface area contributed by atoms with Gasteiger partial charge < -0.3 is 5.32 Å². The Kier molecular flexibility index (Phi) is 5.57. The number of sulfone groups is 1. The monoisotopic (exact) mass is 343 g/mol. The smallest absolute Gasteiger partial charge is 0.248 e. The molecule has 0 unspecified atom stereocenters. The summed E-state index contributed by atoms with van der Waals surface area (Å²) in [7, 11) is -3.22. The van der Waals surface area contributed by atoms with Crippen LogP contribution in [0, 0.1) is 13.8 Å². The molecule has 0 saturated carbocycles. The topological polar surface area (TPSA) is 63.2 Å². The third-order valence-corrected chi connectivity index (χ3v) is 5.45. The minimum Gasteiger partial charge on any atom is -0.323 e. The van der Waals surface area contributed by atoms with Gasteiger partial charge in [0.2, 0.25) is 5.91 Å². The number of rotatable bonds is 5. The average Bonchev–Trinajstić information content (AvgIpc) is 2.54. The molecular weight excluding hydrogens is 322 g/mol. The fourth-order valence-corrected chi connectivity index (χ4v) is 3.16. The molecule has 1 amide bonds. The molecule has 0 radical (unpaired) electrons. The largest absolute Gasteiger partial charge is 0.323 e. The summed E-state index contributed by atoms with van der Waals surface area (Å²) >= 11 is 0. The van der Waals surface area contributed by atoms with E-state index in [0.717, 1.165) is 11.1 Å². The first-order valence-electron chi connectivity index (χ1n) is 7.71. The van der Waals surface area contributed by atoms with Gasteiger partial charge in [-0.2, -0.15) is 0 Å². The molecule has 126 valence electrons. The molecule has 2 aromatic carbocycles. The molecule has 0 aliphatic heterocycles. The second kappa shape index (κ2) is 7.45. The highest BCUT2D eigenvalue weighted by Gasteiger charge is 2.10. The van der Waals surface area contributed by atoms with Gasteiger partial charge in [0.05, 0.1) is 10.6 Å². The summed E-state index contributed by atoms with van der Waals surface area (Å²) in [6.45, 7) is 5.62. The third kappa shape index (κ3) is 4.55. The molecule has 0 heterocycles. The second-order valence-corrected chi connectivity index (χ2v) is 7.89. The van der Waals surface area contributed by atoms with Crippen LogP contribution in [-0.4, -0.2) is 20.1 Å². The lowest BCUT2D eigenvalue weighted by Gasteiger charge is -2.05. The van der Waals surface area contributed by atoms with E-state index in [0.29, 0.717) is 5.69 Å². The fraction of sp³-hybridized carbons (Fsp3) is 0.211. The predicted molar refractivity (Wildman–Crippen MR) is 97.7 cm³/mol. The lowest BCUT2D eigenvalue weighted by atomic mass is 10.1. The maximum Gasteiger partial charge on any atom is 0.248 e. The summed E-state index contributed by atoms with van der Waals surface area (Å²) in [6, 6.07) is 12.2. The number of anilines is 1. The Morgan fingerprint density at radius 3 is 2.33 bits per heavy atom. The molecule has 24 heavy (non-hydrogen) atoms. The third-order valence-electron chi connectivity index (χ3n) is 3.70. The Bertz CT molecular complexity index is 866. The van der Waals surface area contributed by atoms with Crippen molar-refractivity contribution in [2.24, 2.45) is 0 Å². The zero-order valence-electron chi connectivity index (χ0n) is 14.0. The van der Waals surface area contributed by atoms with Crippen molar-refractivity contribution in [3.63, 3.8) is 0 Å². The van der Waals surface area contributed by atoms with Gasteiger partial charge in [0, 0.05) is 11.8 Å². The van der Waals surface area contributed by atoms with E-state index >= 15 is 0 Å². The summed E-state index contributed by atoms with van der Waals surface area (Å²) in [5.74, 6) is -0.210. The minimum atomic E-state index is -3.22. The van der Waals surface area contributed by atoms with Crippen molar-refractivity contribution in [1.82, 2.24) is 0 Å². The molecule has 0 bridgehead atoms. The highest BCUT2D eigenvalue weighted by Crippen LogP contribution is 2.16. The molecule has 1 N–H and O–H groups in total. The molecule has 0 fully saturated rings. The van der Waals surface area contributed by atoms with Crippen LogP contribution < -0.4 is 5.32 Å². The van der Waals surface area contributed by atoms with Crippen molar-refractivity contribution in [2.45, 2.75) is 25.7 Å². The summed E-state index contributed by atoms with van der Waals surface area (Å²) in [6.07, 6.45) is 3.23. The number of carbonyl (C=O) groups excluding carboxylic acids is 1. The van der Waals surface area contributed by atoms with Gasteiger partial charge in [-0.25, -0.2) is 8.42 Å². The highest BCUT2D eigenvalue weighted by molar-refractivity contribution is 7.91. The van der Waals surface area contributed by atoms with Crippen molar-refractivity contribution in [3.05, 3.63) is 65.2 Å². The highest BCUT2D eigenvalue weighted by atomic mass is 32.2. The SMILES string of the molecule is CCS(=O)(=O)c1ccc(NC(=O)/C=C\c2ccc(C)cc2C)cc1. The lowest BCUT2D eigenvalue weighted by Crippen LogP contribution is -2.08. The number of nitrogens with one attached hydrogen (secondary N) is 1. The van der Waals surface area contributed by atoms with Gasteiger partial charge in [0.25, 0.3) is 0 Å². The van der Waals surface area contributed by atoms with E-state index in [1.54, 1.807) is 25.1 Å². The van der Waals surface area contributed by atoms with Crippen molar-refractivity contribution < 1.29 is 13.2 Å². The standard InChI is InChI=1S/C19H21NO3S/c1-4-24(22,23)18-10-8-17(9-11-18)20-19(21)12-7-16-6-5-14(2)13-15(16)3/h5-13H,4H2,1-3H3,(H,20,21)/b12-7-. The van der Waals surface area contributed by atoms with E-state index in [1.165, 1.54) is 23.8 Å². The summed E-state index contributed by atoms with van der Waals surface area (Å²) in [5.41, 5.74) is 3.82. The van der Waals surface area contributed by atoms with Gasteiger partial charge in [0.1, 0.15) is 0 Å². The van der Waals surface area contributed by atoms with Gasteiger partial charge >= 0.3 is 0 Å². The van der Waals surface area contributed by atoms with Crippen LogP contribution >= 0.6 is 0 Å². The van der Waals surface area contributed by atoms with Crippen LogP contribution in [0.25, 0.3) is 6.08 Å². The first-order chi connectivity index (χ1) is 11.3. The van der Waals surface area contributed by atoms with Crippen LogP contribution in [0.5, 0.6) is 0 Å². The molecular formula is C19H21NO3S. The summed E-state index contributed by atoms with van der Waals surface area (Å²) in [5, 5.41) is 2.72. The zero-order chi connectivity index (χ0) is 17.7. The van der Waals surface area contributed by atoms with Crippen LogP contribution in [0.4, 0.5) is 5.69 Å². The number of aryl methyl sites for hydroxylation is 2. The number of hydrogen-bond acceptors (Lipinski definition) is 3. The normalized spacial score (nSPS) is 11.6. The Labute approximate surface area is 143 Å². The van der Waals surface area contributed by atoms with E-state index in [9.17, 15) is 13.2 Å². The molecule has 2 rings (SSSR count). The Morgan fingerprint density at radius 2 is 1.75 bits per heavy atom. The second-order valence-electron chi connectivity index (χ2n) is 5.61. The molecule has 4 nitrogen and oxygen atoms in total. The van der Waals surface area contributed by atoms with E-state index in [1.807, 2.05) is 26.0 Å².